The number of carbonyl (C=O) groups excluding carboxylic acids is 1. The van der Waals surface area contributed by atoms with Gasteiger partial charge in [0.05, 0.1) is 18.0 Å². The molecule has 2 aromatic carbocycles. The number of ether oxygens (including phenoxy) is 2. The molecule has 1 aromatic heterocycles. The fourth-order valence-corrected chi connectivity index (χ4v) is 3.59. The summed E-state index contributed by atoms with van der Waals surface area (Å²) in [6.07, 6.45) is 1.28. The second-order valence-corrected chi connectivity index (χ2v) is 7.25. The van der Waals surface area contributed by atoms with Crippen molar-refractivity contribution in [3.63, 3.8) is 0 Å². The third kappa shape index (κ3) is 4.50. The van der Waals surface area contributed by atoms with Crippen LogP contribution in [0.25, 0.3) is 10.9 Å². The number of halogens is 2. The average Bonchev–Trinajstić information content (AvgIpc) is 2.80. The molecule has 0 aliphatic carbocycles. The van der Waals surface area contributed by atoms with Crippen molar-refractivity contribution in [3.8, 4) is 11.5 Å². The first-order valence-electron chi connectivity index (χ1n) is 10.5. The molecular formula is C24H26F2N2O4. The molecule has 0 amide bonds. The molecule has 32 heavy (non-hydrogen) atoms. The summed E-state index contributed by atoms with van der Waals surface area (Å²) in [6.45, 7) is 8.83. The van der Waals surface area contributed by atoms with Gasteiger partial charge in [-0.2, -0.15) is 4.39 Å². The molecule has 6 nitrogen and oxygen atoms in total. The molecule has 0 aliphatic heterocycles. The molecule has 3 aromatic rings. The van der Waals surface area contributed by atoms with Crippen molar-refractivity contribution >= 4 is 16.9 Å². The van der Waals surface area contributed by atoms with Gasteiger partial charge in [0, 0.05) is 19.3 Å². The summed E-state index contributed by atoms with van der Waals surface area (Å²) in [6, 6.07) is 7.81. The third-order valence-electron chi connectivity index (χ3n) is 5.41. The zero-order valence-corrected chi connectivity index (χ0v) is 18.6. The molecule has 8 heteroatoms. The van der Waals surface area contributed by atoms with Crippen molar-refractivity contribution in [2.75, 3.05) is 20.2 Å². The maximum Gasteiger partial charge on any atom is 0.349 e. The van der Waals surface area contributed by atoms with E-state index in [4.69, 9.17) is 9.47 Å². The topological polar surface area (TPSA) is 60.8 Å². The van der Waals surface area contributed by atoms with Gasteiger partial charge in [-0.15, -0.1) is 0 Å². The number of benzene rings is 2. The Morgan fingerprint density at radius 1 is 1.09 bits per heavy atom. The highest BCUT2D eigenvalue weighted by Crippen LogP contribution is 2.30. The number of hydrogen-bond acceptors (Lipinski definition) is 5. The predicted octanol–water partition coefficient (Wildman–Crippen LogP) is 4.37. The van der Waals surface area contributed by atoms with E-state index in [1.165, 1.54) is 17.9 Å². The SMILES string of the molecule is CCN(CC)Cc1ccc(OC(=O)c2cn(CC)c3c(OC)c(F)c(F)cc3c2=O)cc1. The van der Waals surface area contributed by atoms with Crippen molar-refractivity contribution in [3.05, 3.63) is 69.5 Å². The van der Waals surface area contributed by atoms with Crippen molar-refractivity contribution < 1.29 is 23.0 Å². The third-order valence-corrected chi connectivity index (χ3v) is 5.41. The maximum absolute atomic E-state index is 14.2. The molecule has 0 unspecified atom stereocenters. The molecule has 0 fully saturated rings. The van der Waals surface area contributed by atoms with E-state index in [1.807, 2.05) is 12.1 Å². The van der Waals surface area contributed by atoms with Gasteiger partial charge >= 0.3 is 5.97 Å². The summed E-state index contributed by atoms with van der Waals surface area (Å²) in [5.41, 5.74) is 0.109. The van der Waals surface area contributed by atoms with E-state index >= 15 is 0 Å². The van der Waals surface area contributed by atoms with E-state index in [-0.39, 0.29) is 28.0 Å². The number of pyridine rings is 1. The van der Waals surface area contributed by atoms with E-state index in [0.717, 1.165) is 31.3 Å². The van der Waals surface area contributed by atoms with E-state index in [9.17, 15) is 18.4 Å². The van der Waals surface area contributed by atoms with Crippen LogP contribution >= 0.6 is 0 Å². The molecule has 0 spiro atoms. The molecule has 0 aliphatic rings. The zero-order chi connectivity index (χ0) is 23.4. The lowest BCUT2D eigenvalue weighted by Gasteiger charge is -2.18. The number of esters is 1. The highest BCUT2D eigenvalue weighted by Gasteiger charge is 2.23. The Balaban J connectivity index is 1.96. The lowest BCUT2D eigenvalue weighted by molar-refractivity contribution is 0.0732. The van der Waals surface area contributed by atoms with Gasteiger partial charge in [-0.25, -0.2) is 9.18 Å². The summed E-state index contributed by atoms with van der Waals surface area (Å²) in [5, 5.41) is -0.161. The standard InChI is InChI=1S/C24H26F2N2O4/c1-5-27(6-2)13-15-8-10-16(11-9-15)32-24(30)18-14-28(7-3)21-17(22(18)29)12-19(25)20(26)23(21)31-4/h8-12,14H,5-7,13H2,1-4H3. The number of hydrogen-bond donors (Lipinski definition) is 0. The summed E-state index contributed by atoms with van der Waals surface area (Å²) in [7, 11) is 1.19. The first-order chi connectivity index (χ1) is 15.3. The number of nitrogens with zero attached hydrogens (tertiary/aromatic N) is 2. The highest BCUT2D eigenvalue weighted by atomic mass is 19.2. The molecule has 0 saturated carbocycles. The van der Waals surface area contributed by atoms with Gasteiger partial charge < -0.3 is 14.0 Å². The lowest BCUT2D eigenvalue weighted by atomic mass is 10.1. The van der Waals surface area contributed by atoms with Gasteiger partial charge in [-0.05, 0) is 43.8 Å². The monoisotopic (exact) mass is 444 g/mol. The lowest BCUT2D eigenvalue weighted by Crippen LogP contribution is -2.23. The Kier molecular flexibility index (Phi) is 7.25. The summed E-state index contributed by atoms with van der Waals surface area (Å²) >= 11 is 0. The Morgan fingerprint density at radius 2 is 1.75 bits per heavy atom. The zero-order valence-electron chi connectivity index (χ0n) is 18.6. The molecule has 0 bridgehead atoms. The molecule has 0 saturated heterocycles. The van der Waals surface area contributed by atoms with Gasteiger partial charge in [0.15, 0.2) is 11.6 Å². The second kappa shape index (κ2) is 9.91. The minimum absolute atomic E-state index is 0.0798. The van der Waals surface area contributed by atoms with Crippen LogP contribution in [0.2, 0.25) is 0 Å². The number of aryl methyl sites for hydroxylation is 1. The smallest absolute Gasteiger partial charge is 0.349 e. The van der Waals surface area contributed by atoms with Crippen LogP contribution in [-0.2, 0) is 13.1 Å². The van der Waals surface area contributed by atoms with Gasteiger partial charge in [0.25, 0.3) is 0 Å². The van der Waals surface area contributed by atoms with Gasteiger partial charge in [-0.3, -0.25) is 9.69 Å². The van der Waals surface area contributed by atoms with Crippen molar-refractivity contribution in [1.29, 1.82) is 0 Å². The highest BCUT2D eigenvalue weighted by molar-refractivity contribution is 5.96. The Hall–Kier alpha value is -3.26. The Morgan fingerprint density at radius 3 is 2.31 bits per heavy atom. The molecule has 0 atom stereocenters. The number of methoxy groups -OCH3 is 1. The van der Waals surface area contributed by atoms with Crippen LogP contribution in [0.5, 0.6) is 11.5 Å². The van der Waals surface area contributed by atoms with Crippen LogP contribution in [0, 0.1) is 11.6 Å². The quantitative estimate of drug-likeness (QED) is 0.382. The molecule has 0 radical (unpaired) electrons. The largest absolute Gasteiger partial charge is 0.491 e. The fraction of sp³-hybridized carbons (Fsp3) is 0.333. The predicted molar refractivity (Wildman–Crippen MR) is 118 cm³/mol. The Labute approximate surface area is 185 Å². The van der Waals surface area contributed by atoms with Crippen molar-refractivity contribution in [1.82, 2.24) is 9.47 Å². The molecular weight excluding hydrogens is 418 g/mol. The number of rotatable bonds is 8. The second-order valence-electron chi connectivity index (χ2n) is 7.25. The minimum atomic E-state index is -1.23. The van der Waals surface area contributed by atoms with E-state index < -0.39 is 23.0 Å². The summed E-state index contributed by atoms with van der Waals surface area (Å²) in [4.78, 5) is 28.0. The maximum atomic E-state index is 14.2. The van der Waals surface area contributed by atoms with E-state index in [0.29, 0.717) is 6.54 Å². The summed E-state index contributed by atoms with van der Waals surface area (Å²) < 4.78 is 40.1. The van der Waals surface area contributed by atoms with Crippen LogP contribution in [0.1, 0.15) is 36.7 Å². The molecule has 3 rings (SSSR count). The number of carbonyl (C=O) groups is 1. The fourth-order valence-electron chi connectivity index (χ4n) is 3.59. The van der Waals surface area contributed by atoms with Crippen LogP contribution in [0.4, 0.5) is 8.78 Å². The molecule has 1 heterocycles. The minimum Gasteiger partial charge on any atom is -0.491 e. The normalized spacial score (nSPS) is 11.2. The van der Waals surface area contributed by atoms with Crippen LogP contribution in [-0.4, -0.2) is 35.6 Å². The van der Waals surface area contributed by atoms with Gasteiger partial charge in [0.1, 0.15) is 11.3 Å². The number of fused-ring (bicyclic) bond motifs is 1. The van der Waals surface area contributed by atoms with Gasteiger partial charge in [0.2, 0.25) is 11.2 Å². The summed E-state index contributed by atoms with van der Waals surface area (Å²) in [5.74, 6) is -3.41. The van der Waals surface area contributed by atoms with Crippen molar-refractivity contribution in [2.24, 2.45) is 0 Å². The van der Waals surface area contributed by atoms with E-state index in [1.54, 1.807) is 19.1 Å². The molecule has 170 valence electrons. The molecule has 0 N–H and O–H groups in total. The van der Waals surface area contributed by atoms with Crippen LogP contribution in [0.3, 0.4) is 0 Å². The number of aromatic nitrogens is 1. The first-order valence-corrected chi connectivity index (χ1v) is 10.5. The Bertz CT molecular complexity index is 1190. The van der Waals surface area contributed by atoms with Crippen LogP contribution < -0.4 is 14.9 Å². The van der Waals surface area contributed by atoms with Gasteiger partial charge in [-0.1, -0.05) is 26.0 Å². The van der Waals surface area contributed by atoms with Crippen LogP contribution in [0.15, 0.2) is 41.3 Å². The first kappa shape index (κ1) is 23.4. The van der Waals surface area contributed by atoms with Crippen molar-refractivity contribution in [2.45, 2.75) is 33.9 Å². The average molecular weight is 444 g/mol. The van der Waals surface area contributed by atoms with E-state index in [2.05, 4.69) is 18.7 Å².